The molecule has 0 radical (unpaired) electrons. The first kappa shape index (κ1) is 15.2. The molecule has 1 saturated carbocycles. The third-order valence-electron chi connectivity index (χ3n) is 4.11. The van der Waals surface area contributed by atoms with Crippen molar-refractivity contribution in [2.24, 2.45) is 11.8 Å². The van der Waals surface area contributed by atoms with Crippen molar-refractivity contribution >= 4 is 14.0 Å². The highest BCUT2D eigenvalue weighted by atomic mass is 28.3. The van der Waals surface area contributed by atoms with Crippen LogP contribution in [0.15, 0.2) is 18.2 Å². The molecule has 4 heteroatoms. The summed E-state index contributed by atoms with van der Waals surface area (Å²) in [5.41, 5.74) is 5.50. The molecule has 1 heterocycles. The van der Waals surface area contributed by atoms with Crippen LogP contribution in [0.1, 0.15) is 24.0 Å². The van der Waals surface area contributed by atoms with E-state index < -0.39 is 8.07 Å². The normalized spacial score (nSPS) is 25.0. The van der Waals surface area contributed by atoms with Crippen LogP contribution in [0.2, 0.25) is 19.6 Å². The minimum Gasteiger partial charge on any atom is -0.493 e. The van der Waals surface area contributed by atoms with Gasteiger partial charge in [0.25, 0.3) is 0 Å². The molecule has 2 unspecified atom stereocenters. The largest absolute Gasteiger partial charge is 0.493 e. The van der Waals surface area contributed by atoms with Crippen LogP contribution in [0.3, 0.4) is 0 Å². The van der Waals surface area contributed by atoms with Crippen molar-refractivity contribution in [2.45, 2.75) is 32.5 Å². The predicted octanol–water partition coefficient (Wildman–Crippen LogP) is 3.20. The first-order valence-electron chi connectivity index (χ1n) is 7.87. The number of hydrogen-bond donors (Lipinski definition) is 0. The maximum Gasteiger partial charge on any atom is 0.309 e. The van der Waals surface area contributed by atoms with Gasteiger partial charge >= 0.3 is 5.97 Å². The molecule has 1 aliphatic carbocycles. The second kappa shape index (κ2) is 5.48. The predicted molar refractivity (Wildman–Crippen MR) is 88.5 cm³/mol. The Morgan fingerprint density at radius 3 is 2.86 bits per heavy atom. The number of benzene rings is 1. The van der Waals surface area contributed by atoms with Gasteiger partial charge in [0.05, 0.1) is 19.1 Å². The van der Waals surface area contributed by atoms with E-state index in [-0.39, 0.29) is 23.7 Å². The molecule has 3 atom stereocenters. The summed E-state index contributed by atoms with van der Waals surface area (Å²) in [5, 5.41) is 0. The summed E-state index contributed by atoms with van der Waals surface area (Å²) in [6.07, 6.45) is 0. The summed E-state index contributed by atoms with van der Waals surface area (Å²) in [4.78, 5) is 12.0. The Kier molecular flexibility index (Phi) is 3.78. The van der Waals surface area contributed by atoms with Crippen molar-refractivity contribution < 1.29 is 14.3 Å². The number of esters is 1. The minimum absolute atomic E-state index is 0.0277. The SMILES string of the molecule is CCOC(=O)[C@@H]1C2COc3cc(C#C[Si](C)(C)C)ccc3C21. The molecule has 2 aliphatic rings. The first-order chi connectivity index (χ1) is 10.4. The van der Waals surface area contributed by atoms with Crippen molar-refractivity contribution in [3.05, 3.63) is 29.3 Å². The van der Waals surface area contributed by atoms with Gasteiger partial charge in [0.2, 0.25) is 0 Å². The van der Waals surface area contributed by atoms with Gasteiger partial charge in [0.1, 0.15) is 13.8 Å². The molecule has 1 aliphatic heterocycles. The maximum atomic E-state index is 12.0. The lowest BCUT2D eigenvalue weighted by atomic mass is 10.0. The Morgan fingerprint density at radius 2 is 2.18 bits per heavy atom. The van der Waals surface area contributed by atoms with Crippen LogP contribution in [0.25, 0.3) is 0 Å². The maximum absolute atomic E-state index is 12.0. The lowest BCUT2D eigenvalue weighted by Crippen LogP contribution is -2.16. The van der Waals surface area contributed by atoms with Crippen molar-refractivity contribution in [1.29, 1.82) is 0 Å². The van der Waals surface area contributed by atoms with Crippen molar-refractivity contribution in [1.82, 2.24) is 0 Å². The van der Waals surface area contributed by atoms with E-state index in [1.807, 2.05) is 19.1 Å². The van der Waals surface area contributed by atoms with E-state index in [0.29, 0.717) is 13.2 Å². The summed E-state index contributed by atoms with van der Waals surface area (Å²) >= 11 is 0. The number of carbonyl (C=O) groups excluding carboxylic acids is 1. The van der Waals surface area contributed by atoms with Crippen molar-refractivity contribution in [2.75, 3.05) is 13.2 Å². The molecule has 0 bridgehead atoms. The molecular formula is C18H22O3Si. The highest BCUT2D eigenvalue weighted by Crippen LogP contribution is 2.59. The Hall–Kier alpha value is -1.73. The third kappa shape index (κ3) is 2.91. The van der Waals surface area contributed by atoms with Gasteiger partial charge in [-0.3, -0.25) is 4.79 Å². The number of rotatable bonds is 2. The van der Waals surface area contributed by atoms with Gasteiger partial charge < -0.3 is 9.47 Å². The van der Waals surface area contributed by atoms with Crippen molar-refractivity contribution in [3.8, 4) is 17.2 Å². The van der Waals surface area contributed by atoms with Crippen LogP contribution in [0.4, 0.5) is 0 Å². The number of ether oxygens (including phenoxy) is 2. The summed E-state index contributed by atoms with van der Waals surface area (Å²) in [5.74, 6) is 4.58. The van der Waals surface area contributed by atoms with Crippen LogP contribution in [0.5, 0.6) is 5.75 Å². The molecule has 22 heavy (non-hydrogen) atoms. The van der Waals surface area contributed by atoms with E-state index in [0.717, 1.165) is 16.9 Å². The molecule has 1 aromatic rings. The Balaban J connectivity index is 1.81. The van der Waals surface area contributed by atoms with E-state index in [1.165, 1.54) is 0 Å². The zero-order chi connectivity index (χ0) is 15.9. The quantitative estimate of drug-likeness (QED) is 0.478. The van der Waals surface area contributed by atoms with Crippen LogP contribution in [-0.2, 0) is 9.53 Å². The summed E-state index contributed by atoms with van der Waals surface area (Å²) in [7, 11) is -1.38. The summed E-state index contributed by atoms with van der Waals surface area (Å²) < 4.78 is 11.0. The topological polar surface area (TPSA) is 35.5 Å². The van der Waals surface area contributed by atoms with Crippen LogP contribution in [0, 0.1) is 23.3 Å². The fourth-order valence-electron chi connectivity index (χ4n) is 3.02. The lowest BCUT2D eigenvalue weighted by Gasteiger charge is -2.16. The minimum atomic E-state index is -1.38. The van der Waals surface area contributed by atoms with E-state index in [1.54, 1.807) is 0 Å². The summed E-state index contributed by atoms with van der Waals surface area (Å²) in [6, 6.07) is 6.12. The van der Waals surface area contributed by atoms with Crippen LogP contribution in [-0.4, -0.2) is 27.3 Å². The van der Waals surface area contributed by atoms with Gasteiger partial charge in [-0.2, -0.15) is 0 Å². The van der Waals surface area contributed by atoms with Crippen LogP contribution < -0.4 is 4.74 Å². The van der Waals surface area contributed by atoms with Crippen LogP contribution >= 0.6 is 0 Å². The second-order valence-electron chi connectivity index (χ2n) is 7.03. The zero-order valence-corrected chi connectivity index (χ0v) is 14.6. The first-order valence-corrected chi connectivity index (χ1v) is 11.4. The number of hydrogen-bond acceptors (Lipinski definition) is 3. The Bertz CT molecular complexity index is 663. The number of fused-ring (bicyclic) bond motifs is 3. The Morgan fingerprint density at radius 1 is 1.41 bits per heavy atom. The fourth-order valence-corrected chi connectivity index (χ4v) is 3.54. The molecule has 0 spiro atoms. The fraction of sp³-hybridized carbons (Fsp3) is 0.500. The molecule has 1 aromatic carbocycles. The Labute approximate surface area is 133 Å². The molecule has 0 amide bonds. The molecule has 0 aromatic heterocycles. The highest BCUT2D eigenvalue weighted by molar-refractivity contribution is 6.83. The van der Waals surface area contributed by atoms with E-state index >= 15 is 0 Å². The van der Waals surface area contributed by atoms with Gasteiger partial charge in [0, 0.05) is 17.4 Å². The van der Waals surface area contributed by atoms with Crippen molar-refractivity contribution in [3.63, 3.8) is 0 Å². The average molecular weight is 314 g/mol. The lowest BCUT2D eigenvalue weighted by molar-refractivity contribution is -0.145. The standard InChI is InChI=1S/C18H22O3Si/c1-5-20-18(19)17-14-11-21-15-10-12(8-9-22(2,3)4)6-7-13(15)16(14)17/h6-7,10,14,16-17H,5,11H2,1-4H3/t14?,16?,17-/m1/s1. The smallest absolute Gasteiger partial charge is 0.309 e. The summed E-state index contributed by atoms with van der Waals surface area (Å²) in [6.45, 7) is 9.58. The van der Waals surface area contributed by atoms with E-state index in [2.05, 4.69) is 37.2 Å². The monoisotopic (exact) mass is 314 g/mol. The van der Waals surface area contributed by atoms with Gasteiger partial charge in [-0.25, -0.2) is 0 Å². The third-order valence-corrected chi connectivity index (χ3v) is 4.99. The number of carbonyl (C=O) groups is 1. The van der Waals surface area contributed by atoms with Gasteiger partial charge in [0.15, 0.2) is 0 Å². The molecule has 0 saturated heterocycles. The molecular weight excluding hydrogens is 292 g/mol. The molecule has 3 nitrogen and oxygen atoms in total. The molecule has 0 N–H and O–H groups in total. The molecule has 3 rings (SSSR count). The van der Waals surface area contributed by atoms with Gasteiger partial charge in [-0.15, -0.1) is 5.54 Å². The highest BCUT2D eigenvalue weighted by Gasteiger charge is 2.59. The molecule has 1 fully saturated rings. The van der Waals surface area contributed by atoms with E-state index in [9.17, 15) is 4.79 Å². The average Bonchev–Trinajstić information content (AvgIpc) is 3.19. The van der Waals surface area contributed by atoms with E-state index in [4.69, 9.17) is 9.47 Å². The van der Waals surface area contributed by atoms with Gasteiger partial charge in [-0.05, 0) is 24.6 Å². The second-order valence-corrected chi connectivity index (χ2v) is 11.8. The zero-order valence-electron chi connectivity index (χ0n) is 13.6. The molecule has 116 valence electrons. The van der Waals surface area contributed by atoms with Gasteiger partial charge in [-0.1, -0.05) is 31.6 Å².